The molecule has 3 aromatic rings. The number of aryl methyl sites for hydroxylation is 2. The molecule has 1 aromatic heterocycles. The second kappa shape index (κ2) is 7.37. The van der Waals surface area contributed by atoms with Gasteiger partial charge in [-0.3, -0.25) is 4.79 Å². The van der Waals surface area contributed by atoms with Crippen molar-refractivity contribution in [2.24, 2.45) is 0 Å². The first-order chi connectivity index (χ1) is 12.0. The van der Waals surface area contributed by atoms with Gasteiger partial charge in [0.25, 0.3) is 0 Å². The van der Waals surface area contributed by atoms with Crippen LogP contribution < -0.4 is 0 Å². The summed E-state index contributed by atoms with van der Waals surface area (Å²) >= 11 is 7.22. The van der Waals surface area contributed by atoms with Gasteiger partial charge in [-0.25, -0.2) is 0 Å². The fraction of sp³-hybridized carbons (Fsp3) is 0.222. The molecule has 0 saturated heterocycles. The molecule has 25 heavy (non-hydrogen) atoms. The van der Waals surface area contributed by atoms with E-state index in [4.69, 9.17) is 11.6 Å². The van der Waals surface area contributed by atoms with E-state index in [9.17, 15) is 4.79 Å². The molecule has 3 rings (SSSR count). The Labute approximate surface area is 155 Å². The number of aromatic nitrogens is 4. The number of carbonyl (C=O) groups excluding carboxylic acids is 1. The van der Waals surface area contributed by atoms with E-state index in [2.05, 4.69) is 15.5 Å². The monoisotopic (exact) mass is 372 g/mol. The standard InChI is InChI=1S/C18H17ClN4OS/c1-11-4-5-12(2)16(10-11)23-18(20-21-22-23)25-13(3)17(24)14-6-8-15(19)9-7-14/h4-10,13H,1-3H3/t13-/m0/s1. The second-order valence-corrected chi connectivity index (χ2v) is 7.54. The van der Waals surface area contributed by atoms with E-state index in [-0.39, 0.29) is 11.0 Å². The van der Waals surface area contributed by atoms with Crippen molar-refractivity contribution >= 4 is 29.1 Å². The van der Waals surface area contributed by atoms with E-state index in [1.54, 1.807) is 28.9 Å². The normalized spacial score (nSPS) is 12.2. The van der Waals surface area contributed by atoms with E-state index in [1.165, 1.54) is 11.8 Å². The highest BCUT2D eigenvalue weighted by Gasteiger charge is 2.21. The van der Waals surface area contributed by atoms with E-state index in [1.807, 2.05) is 39.0 Å². The van der Waals surface area contributed by atoms with Gasteiger partial charge in [-0.15, -0.1) is 5.10 Å². The molecule has 0 aliphatic rings. The third-order valence-corrected chi connectivity index (χ3v) is 5.10. The van der Waals surface area contributed by atoms with Gasteiger partial charge in [-0.05, 0) is 72.7 Å². The Bertz CT molecular complexity index is 908. The third-order valence-electron chi connectivity index (χ3n) is 3.81. The van der Waals surface area contributed by atoms with Gasteiger partial charge in [-0.2, -0.15) is 4.68 Å². The largest absolute Gasteiger partial charge is 0.293 e. The zero-order chi connectivity index (χ0) is 18.0. The van der Waals surface area contributed by atoms with Gasteiger partial charge in [0, 0.05) is 10.6 Å². The molecule has 0 saturated carbocycles. The fourth-order valence-corrected chi connectivity index (χ4v) is 3.42. The Balaban J connectivity index is 1.84. The first kappa shape index (κ1) is 17.6. The van der Waals surface area contributed by atoms with Gasteiger partial charge in [0.1, 0.15) is 0 Å². The molecular formula is C18H17ClN4OS. The Hall–Kier alpha value is -2.18. The molecule has 0 amide bonds. The topological polar surface area (TPSA) is 60.7 Å². The number of thioether (sulfide) groups is 1. The molecule has 7 heteroatoms. The molecule has 0 unspecified atom stereocenters. The lowest BCUT2D eigenvalue weighted by molar-refractivity contribution is 0.0994. The summed E-state index contributed by atoms with van der Waals surface area (Å²) in [6.45, 7) is 5.88. The van der Waals surface area contributed by atoms with Crippen LogP contribution >= 0.6 is 23.4 Å². The van der Waals surface area contributed by atoms with E-state index in [0.29, 0.717) is 15.7 Å². The maximum Gasteiger partial charge on any atom is 0.214 e. The molecular weight excluding hydrogens is 356 g/mol. The first-order valence-corrected chi connectivity index (χ1v) is 9.04. The molecule has 0 aliphatic heterocycles. The average Bonchev–Trinajstić information content (AvgIpc) is 3.05. The van der Waals surface area contributed by atoms with Gasteiger partial charge in [-0.1, -0.05) is 35.5 Å². The molecule has 0 fully saturated rings. The van der Waals surface area contributed by atoms with Crippen molar-refractivity contribution in [1.29, 1.82) is 0 Å². The lowest BCUT2D eigenvalue weighted by Gasteiger charge is -2.12. The van der Waals surface area contributed by atoms with E-state index >= 15 is 0 Å². The minimum absolute atomic E-state index is 0.0113. The molecule has 0 aliphatic carbocycles. The first-order valence-electron chi connectivity index (χ1n) is 7.78. The number of carbonyl (C=O) groups is 1. The number of tetrazole rings is 1. The number of nitrogens with zero attached hydrogens (tertiary/aromatic N) is 4. The lowest BCUT2D eigenvalue weighted by Crippen LogP contribution is -2.14. The minimum atomic E-state index is -0.323. The SMILES string of the molecule is Cc1ccc(C)c(-n2nnnc2S[C@@H](C)C(=O)c2ccc(Cl)cc2)c1. The van der Waals surface area contributed by atoms with Crippen LogP contribution in [0.5, 0.6) is 0 Å². The van der Waals surface area contributed by atoms with Crippen molar-refractivity contribution in [2.75, 3.05) is 0 Å². The maximum atomic E-state index is 12.6. The average molecular weight is 373 g/mol. The number of hydrogen-bond donors (Lipinski definition) is 0. The zero-order valence-electron chi connectivity index (χ0n) is 14.1. The summed E-state index contributed by atoms with van der Waals surface area (Å²) in [5.74, 6) is 0.0113. The summed E-state index contributed by atoms with van der Waals surface area (Å²) in [5.41, 5.74) is 3.72. The van der Waals surface area contributed by atoms with E-state index < -0.39 is 0 Å². The molecule has 2 aromatic carbocycles. The summed E-state index contributed by atoms with van der Waals surface area (Å²) in [6.07, 6.45) is 0. The lowest BCUT2D eigenvalue weighted by atomic mass is 10.1. The van der Waals surface area contributed by atoms with Crippen molar-refractivity contribution in [3.8, 4) is 5.69 Å². The van der Waals surface area contributed by atoms with Gasteiger partial charge in [0.15, 0.2) is 5.78 Å². The molecule has 1 atom stereocenters. The van der Waals surface area contributed by atoms with Gasteiger partial charge in [0.2, 0.25) is 5.16 Å². The van der Waals surface area contributed by atoms with E-state index in [0.717, 1.165) is 16.8 Å². The molecule has 0 bridgehead atoms. The molecule has 128 valence electrons. The fourth-order valence-electron chi connectivity index (χ4n) is 2.41. The van der Waals surface area contributed by atoms with Gasteiger partial charge >= 0.3 is 0 Å². The third kappa shape index (κ3) is 3.91. The molecule has 0 radical (unpaired) electrons. The van der Waals surface area contributed by atoms with Crippen LogP contribution in [0.2, 0.25) is 5.02 Å². The van der Waals surface area contributed by atoms with Crippen molar-refractivity contribution in [3.63, 3.8) is 0 Å². The van der Waals surface area contributed by atoms with Crippen LogP contribution in [0.25, 0.3) is 5.69 Å². The van der Waals surface area contributed by atoms with Crippen LogP contribution in [-0.4, -0.2) is 31.2 Å². The highest BCUT2D eigenvalue weighted by Crippen LogP contribution is 2.27. The number of benzene rings is 2. The number of rotatable bonds is 5. The summed E-state index contributed by atoms with van der Waals surface area (Å²) < 4.78 is 1.68. The quantitative estimate of drug-likeness (QED) is 0.493. The maximum absolute atomic E-state index is 12.6. The predicted octanol–water partition coefficient (Wildman–Crippen LogP) is 4.30. The highest BCUT2D eigenvalue weighted by atomic mass is 35.5. The van der Waals surface area contributed by atoms with Crippen LogP contribution in [0, 0.1) is 13.8 Å². The molecule has 0 spiro atoms. The Kier molecular flexibility index (Phi) is 5.20. The Morgan fingerprint density at radius 2 is 1.88 bits per heavy atom. The van der Waals surface area contributed by atoms with Crippen molar-refractivity contribution < 1.29 is 4.79 Å². The Morgan fingerprint density at radius 1 is 1.16 bits per heavy atom. The minimum Gasteiger partial charge on any atom is -0.293 e. The van der Waals surface area contributed by atoms with Crippen LogP contribution in [0.3, 0.4) is 0 Å². The van der Waals surface area contributed by atoms with Crippen molar-refractivity contribution in [1.82, 2.24) is 20.2 Å². The van der Waals surface area contributed by atoms with Crippen LogP contribution in [0.4, 0.5) is 0 Å². The second-order valence-electron chi connectivity index (χ2n) is 5.79. The zero-order valence-corrected chi connectivity index (χ0v) is 15.7. The van der Waals surface area contributed by atoms with Crippen molar-refractivity contribution in [3.05, 3.63) is 64.2 Å². The predicted molar refractivity (Wildman–Crippen MR) is 99.7 cm³/mol. The number of halogens is 1. The number of ketones is 1. The number of Topliss-reactive ketones (excluding diaryl/α,β-unsaturated/α-hetero) is 1. The number of hydrogen-bond acceptors (Lipinski definition) is 5. The molecule has 0 N–H and O–H groups in total. The summed E-state index contributed by atoms with van der Waals surface area (Å²) in [4.78, 5) is 12.6. The Morgan fingerprint density at radius 3 is 2.60 bits per heavy atom. The summed E-state index contributed by atoms with van der Waals surface area (Å²) in [5, 5.41) is 12.8. The van der Waals surface area contributed by atoms with Crippen molar-refractivity contribution in [2.45, 2.75) is 31.2 Å². The summed E-state index contributed by atoms with van der Waals surface area (Å²) in [6, 6.07) is 13.0. The van der Waals surface area contributed by atoms with Gasteiger partial charge in [0.05, 0.1) is 10.9 Å². The van der Waals surface area contributed by atoms with Gasteiger partial charge < -0.3 is 0 Å². The van der Waals surface area contributed by atoms with Crippen LogP contribution in [-0.2, 0) is 0 Å². The highest BCUT2D eigenvalue weighted by molar-refractivity contribution is 8.00. The summed E-state index contributed by atoms with van der Waals surface area (Å²) in [7, 11) is 0. The molecule has 1 heterocycles. The van der Waals surface area contributed by atoms with Crippen LogP contribution in [0.15, 0.2) is 47.6 Å². The smallest absolute Gasteiger partial charge is 0.214 e. The molecule has 5 nitrogen and oxygen atoms in total. The van der Waals surface area contributed by atoms with Crippen LogP contribution in [0.1, 0.15) is 28.4 Å².